The van der Waals surface area contributed by atoms with Gasteiger partial charge in [0.2, 0.25) is 0 Å². The van der Waals surface area contributed by atoms with Crippen molar-refractivity contribution in [3.8, 4) is 23.1 Å². The summed E-state index contributed by atoms with van der Waals surface area (Å²) in [4.78, 5) is 0. The first kappa shape index (κ1) is 15.2. The van der Waals surface area contributed by atoms with Gasteiger partial charge in [-0.25, -0.2) is 8.78 Å². The highest BCUT2D eigenvalue weighted by Gasteiger charge is 2.18. The van der Waals surface area contributed by atoms with Crippen LogP contribution in [0.2, 0.25) is 0 Å². The second-order valence-electron chi connectivity index (χ2n) is 4.55. The highest BCUT2D eigenvalue weighted by atomic mass is 32.2. The predicted molar refractivity (Wildman–Crippen MR) is 83.0 cm³/mol. The summed E-state index contributed by atoms with van der Waals surface area (Å²) in [5.41, 5.74) is 0.878. The highest BCUT2D eigenvalue weighted by molar-refractivity contribution is 7.99. The summed E-state index contributed by atoms with van der Waals surface area (Å²) in [6.07, 6.45) is 0. The number of nitriles is 1. The van der Waals surface area contributed by atoms with Crippen molar-refractivity contribution >= 4 is 11.8 Å². The molecule has 4 nitrogen and oxygen atoms in total. The van der Waals surface area contributed by atoms with Crippen LogP contribution in [0.3, 0.4) is 0 Å². The summed E-state index contributed by atoms with van der Waals surface area (Å²) >= 11 is 1.14. The number of thioether (sulfide) groups is 1. The Labute approximate surface area is 135 Å². The fourth-order valence-corrected chi connectivity index (χ4v) is 2.72. The summed E-state index contributed by atoms with van der Waals surface area (Å²) in [7, 11) is 0. The number of benzene rings is 2. The standard InChI is InChI=1S/C16H10F2N4S/c17-12-6-7-14(13(18)10-12)22-15(11-4-2-1-3-5-11)20-21-16(22)23-9-8-19/h1-7,10H,9H2. The van der Waals surface area contributed by atoms with Crippen molar-refractivity contribution < 1.29 is 8.78 Å². The smallest absolute Gasteiger partial charge is 0.197 e. The van der Waals surface area contributed by atoms with E-state index in [0.717, 1.165) is 23.4 Å². The minimum atomic E-state index is -0.721. The van der Waals surface area contributed by atoms with Gasteiger partial charge in [-0.05, 0) is 12.1 Å². The van der Waals surface area contributed by atoms with Gasteiger partial charge in [0.05, 0.1) is 17.5 Å². The molecule has 0 unspecified atom stereocenters. The molecule has 0 amide bonds. The number of hydrogen-bond acceptors (Lipinski definition) is 4. The Morgan fingerprint density at radius 3 is 2.57 bits per heavy atom. The van der Waals surface area contributed by atoms with E-state index in [2.05, 4.69) is 10.2 Å². The lowest BCUT2D eigenvalue weighted by atomic mass is 10.2. The molecule has 0 aliphatic heterocycles. The van der Waals surface area contributed by atoms with E-state index in [0.29, 0.717) is 11.0 Å². The molecule has 0 spiro atoms. The molecular formula is C16H10F2N4S. The van der Waals surface area contributed by atoms with E-state index in [1.807, 2.05) is 36.4 Å². The van der Waals surface area contributed by atoms with Crippen LogP contribution in [0.1, 0.15) is 0 Å². The van der Waals surface area contributed by atoms with Crippen LogP contribution in [0.5, 0.6) is 0 Å². The quantitative estimate of drug-likeness (QED) is 0.683. The molecule has 23 heavy (non-hydrogen) atoms. The molecular weight excluding hydrogens is 318 g/mol. The summed E-state index contributed by atoms with van der Waals surface area (Å²) in [5.74, 6) is -0.806. The van der Waals surface area contributed by atoms with Gasteiger partial charge in [-0.2, -0.15) is 5.26 Å². The zero-order valence-electron chi connectivity index (χ0n) is 11.8. The predicted octanol–water partition coefficient (Wildman–Crippen LogP) is 3.83. The average Bonchev–Trinajstić information content (AvgIpc) is 2.97. The van der Waals surface area contributed by atoms with Crippen molar-refractivity contribution in [1.29, 1.82) is 5.26 Å². The molecule has 1 aromatic heterocycles. The van der Waals surface area contributed by atoms with Crippen molar-refractivity contribution in [3.63, 3.8) is 0 Å². The number of rotatable bonds is 4. The van der Waals surface area contributed by atoms with Gasteiger partial charge in [0.15, 0.2) is 11.0 Å². The van der Waals surface area contributed by atoms with Crippen LogP contribution >= 0.6 is 11.8 Å². The molecule has 0 saturated heterocycles. The number of halogens is 2. The van der Waals surface area contributed by atoms with E-state index in [9.17, 15) is 8.78 Å². The van der Waals surface area contributed by atoms with E-state index >= 15 is 0 Å². The fraction of sp³-hybridized carbons (Fsp3) is 0.0625. The minimum absolute atomic E-state index is 0.135. The zero-order chi connectivity index (χ0) is 16.2. The van der Waals surface area contributed by atoms with Crippen LogP contribution in [0.4, 0.5) is 8.78 Å². The Kier molecular flexibility index (Phi) is 4.35. The third-order valence-electron chi connectivity index (χ3n) is 3.08. The van der Waals surface area contributed by atoms with Crippen LogP contribution < -0.4 is 0 Å². The average molecular weight is 328 g/mol. The second kappa shape index (κ2) is 6.58. The van der Waals surface area contributed by atoms with Crippen LogP contribution in [-0.4, -0.2) is 20.5 Å². The monoisotopic (exact) mass is 328 g/mol. The van der Waals surface area contributed by atoms with Crippen molar-refractivity contribution in [3.05, 3.63) is 60.2 Å². The SMILES string of the molecule is N#CCSc1nnc(-c2ccccc2)n1-c1ccc(F)cc1F. The van der Waals surface area contributed by atoms with E-state index in [4.69, 9.17) is 5.26 Å². The molecule has 3 aromatic rings. The van der Waals surface area contributed by atoms with Gasteiger partial charge in [0.25, 0.3) is 0 Å². The van der Waals surface area contributed by atoms with Crippen LogP contribution in [0, 0.1) is 23.0 Å². The molecule has 0 fully saturated rings. The Balaban J connectivity index is 2.19. The third kappa shape index (κ3) is 3.07. The van der Waals surface area contributed by atoms with Crippen molar-refractivity contribution in [2.45, 2.75) is 5.16 Å². The zero-order valence-corrected chi connectivity index (χ0v) is 12.6. The summed E-state index contributed by atoms with van der Waals surface area (Å²) in [6, 6.07) is 14.5. The maximum atomic E-state index is 14.2. The first-order chi connectivity index (χ1) is 11.2. The molecule has 0 saturated carbocycles. The largest absolute Gasteiger partial charge is 0.267 e. The summed E-state index contributed by atoms with van der Waals surface area (Å²) in [5, 5.41) is 17.3. The lowest BCUT2D eigenvalue weighted by Crippen LogP contribution is -2.03. The van der Waals surface area contributed by atoms with E-state index < -0.39 is 11.6 Å². The normalized spacial score (nSPS) is 10.5. The van der Waals surface area contributed by atoms with Crippen LogP contribution in [0.25, 0.3) is 17.1 Å². The molecule has 7 heteroatoms. The van der Waals surface area contributed by atoms with E-state index in [-0.39, 0.29) is 11.4 Å². The van der Waals surface area contributed by atoms with E-state index in [1.54, 1.807) is 0 Å². The Morgan fingerprint density at radius 2 is 1.87 bits per heavy atom. The first-order valence-corrected chi connectivity index (χ1v) is 7.65. The molecule has 3 rings (SSSR count). The van der Waals surface area contributed by atoms with E-state index in [1.165, 1.54) is 16.7 Å². The van der Waals surface area contributed by atoms with Crippen molar-refractivity contribution in [2.24, 2.45) is 0 Å². The van der Waals surface area contributed by atoms with Gasteiger partial charge in [-0.15, -0.1) is 10.2 Å². The third-order valence-corrected chi connectivity index (χ3v) is 3.88. The molecule has 114 valence electrons. The highest BCUT2D eigenvalue weighted by Crippen LogP contribution is 2.29. The number of aromatic nitrogens is 3. The van der Waals surface area contributed by atoms with Gasteiger partial charge >= 0.3 is 0 Å². The lowest BCUT2D eigenvalue weighted by molar-refractivity contribution is 0.575. The number of nitrogens with zero attached hydrogens (tertiary/aromatic N) is 4. The van der Waals surface area contributed by atoms with Crippen molar-refractivity contribution in [2.75, 3.05) is 5.75 Å². The van der Waals surface area contributed by atoms with Crippen molar-refractivity contribution in [1.82, 2.24) is 14.8 Å². The topological polar surface area (TPSA) is 54.5 Å². The van der Waals surface area contributed by atoms with Gasteiger partial charge < -0.3 is 0 Å². The molecule has 1 heterocycles. The molecule has 0 aliphatic rings. The Morgan fingerprint density at radius 1 is 1.09 bits per heavy atom. The van der Waals surface area contributed by atoms with Gasteiger partial charge in [0.1, 0.15) is 11.6 Å². The van der Waals surface area contributed by atoms with Crippen LogP contribution in [-0.2, 0) is 0 Å². The van der Waals surface area contributed by atoms with Gasteiger partial charge in [0, 0.05) is 11.6 Å². The second-order valence-corrected chi connectivity index (χ2v) is 5.49. The maximum Gasteiger partial charge on any atom is 0.197 e. The molecule has 0 N–H and O–H groups in total. The van der Waals surface area contributed by atoms with Crippen LogP contribution in [0.15, 0.2) is 53.7 Å². The summed E-state index contributed by atoms with van der Waals surface area (Å²) < 4.78 is 28.9. The number of hydrogen-bond donors (Lipinski definition) is 0. The summed E-state index contributed by atoms with van der Waals surface area (Å²) in [6.45, 7) is 0. The molecule has 0 radical (unpaired) electrons. The Hall–Kier alpha value is -2.72. The van der Waals surface area contributed by atoms with Gasteiger partial charge in [-0.1, -0.05) is 42.1 Å². The molecule has 0 bridgehead atoms. The lowest BCUT2D eigenvalue weighted by Gasteiger charge is -2.10. The molecule has 2 aromatic carbocycles. The fourth-order valence-electron chi connectivity index (χ4n) is 2.11. The Bertz CT molecular complexity index is 872. The first-order valence-electron chi connectivity index (χ1n) is 6.66. The minimum Gasteiger partial charge on any atom is -0.267 e. The maximum absolute atomic E-state index is 14.2. The molecule has 0 atom stereocenters. The van der Waals surface area contributed by atoms with Gasteiger partial charge in [-0.3, -0.25) is 4.57 Å². The molecule has 0 aliphatic carbocycles.